The molecule has 0 radical (unpaired) electrons. The Kier molecular flexibility index (Phi) is 9.85. The zero-order chi connectivity index (χ0) is 22.6. The van der Waals surface area contributed by atoms with Gasteiger partial charge in [-0.3, -0.25) is 4.90 Å². The molecule has 1 fully saturated rings. The topological polar surface area (TPSA) is 52.1 Å². The number of aliphatic imine (C=N–C) groups is 1. The molecule has 1 saturated heterocycles. The van der Waals surface area contributed by atoms with E-state index in [9.17, 15) is 0 Å². The second-order valence-electron chi connectivity index (χ2n) is 8.65. The SMILES string of the molecule is CCNC(=NCc1cccc(OCCN(C)C)c1)NCc1ccc(CN2CCCC2)cc1. The number of nitrogens with zero attached hydrogens (tertiary/aromatic N) is 3. The molecule has 1 aliphatic rings. The second kappa shape index (κ2) is 13.1. The number of ether oxygens (including phenoxy) is 1. The maximum atomic E-state index is 5.84. The third-order valence-electron chi connectivity index (χ3n) is 5.56. The molecule has 3 rings (SSSR count). The highest BCUT2D eigenvalue weighted by Crippen LogP contribution is 2.15. The van der Waals surface area contributed by atoms with Gasteiger partial charge >= 0.3 is 0 Å². The van der Waals surface area contributed by atoms with Gasteiger partial charge in [-0.15, -0.1) is 0 Å². The van der Waals surface area contributed by atoms with Gasteiger partial charge < -0.3 is 20.3 Å². The van der Waals surface area contributed by atoms with Gasteiger partial charge in [0.15, 0.2) is 5.96 Å². The Labute approximate surface area is 193 Å². The average molecular weight is 438 g/mol. The number of hydrogen-bond donors (Lipinski definition) is 2. The van der Waals surface area contributed by atoms with Crippen LogP contribution in [0.2, 0.25) is 0 Å². The third-order valence-corrected chi connectivity index (χ3v) is 5.56. The van der Waals surface area contributed by atoms with Gasteiger partial charge in [0, 0.05) is 26.2 Å². The highest BCUT2D eigenvalue weighted by Gasteiger charge is 2.11. The van der Waals surface area contributed by atoms with Crippen LogP contribution in [-0.4, -0.2) is 62.6 Å². The molecule has 0 spiro atoms. The van der Waals surface area contributed by atoms with Gasteiger partial charge in [-0.05, 0) is 75.8 Å². The van der Waals surface area contributed by atoms with E-state index in [-0.39, 0.29) is 0 Å². The van der Waals surface area contributed by atoms with E-state index in [0.29, 0.717) is 13.2 Å². The molecule has 2 aromatic carbocycles. The maximum Gasteiger partial charge on any atom is 0.191 e. The predicted molar refractivity (Wildman–Crippen MR) is 133 cm³/mol. The summed E-state index contributed by atoms with van der Waals surface area (Å²) in [6.07, 6.45) is 2.67. The summed E-state index contributed by atoms with van der Waals surface area (Å²) in [6.45, 7) is 9.39. The summed E-state index contributed by atoms with van der Waals surface area (Å²) >= 11 is 0. The predicted octanol–water partition coefficient (Wildman–Crippen LogP) is 3.48. The van der Waals surface area contributed by atoms with Gasteiger partial charge in [0.1, 0.15) is 12.4 Å². The van der Waals surface area contributed by atoms with Gasteiger partial charge in [-0.2, -0.15) is 0 Å². The number of rotatable bonds is 11. The monoisotopic (exact) mass is 437 g/mol. The Balaban J connectivity index is 1.50. The fourth-order valence-electron chi connectivity index (χ4n) is 3.74. The number of guanidine groups is 1. The summed E-state index contributed by atoms with van der Waals surface area (Å²) in [5.41, 5.74) is 3.79. The van der Waals surface area contributed by atoms with Crippen molar-refractivity contribution in [1.29, 1.82) is 0 Å². The van der Waals surface area contributed by atoms with Crippen molar-refractivity contribution in [1.82, 2.24) is 20.4 Å². The highest BCUT2D eigenvalue weighted by molar-refractivity contribution is 5.79. The lowest BCUT2D eigenvalue weighted by atomic mass is 10.1. The van der Waals surface area contributed by atoms with E-state index in [1.807, 2.05) is 26.2 Å². The van der Waals surface area contributed by atoms with E-state index < -0.39 is 0 Å². The molecule has 6 nitrogen and oxygen atoms in total. The first-order chi connectivity index (χ1) is 15.6. The Morgan fingerprint density at radius 2 is 1.75 bits per heavy atom. The summed E-state index contributed by atoms with van der Waals surface area (Å²) in [5.74, 6) is 1.72. The smallest absolute Gasteiger partial charge is 0.191 e. The molecule has 32 heavy (non-hydrogen) atoms. The Morgan fingerprint density at radius 1 is 1.00 bits per heavy atom. The summed E-state index contributed by atoms with van der Waals surface area (Å²) in [5, 5.41) is 6.79. The van der Waals surface area contributed by atoms with Crippen molar-refractivity contribution in [2.24, 2.45) is 4.99 Å². The van der Waals surface area contributed by atoms with Gasteiger partial charge in [0.2, 0.25) is 0 Å². The number of nitrogens with one attached hydrogen (secondary N) is 2. The minimum Gasteiger partial charge on any atom is -0.492 e. The van der Waals surface area contributed by atoms with E-state index in [2.05, 4.69) is 63.8 Å². The Hall–Kier alpha value is -2.57. The summed E-state index contributed by atoms with van der Waals surface area (Å²) in [7, 11) is 4.10. The quantitative estimate of drug-likeness (QED) is 0.416. The molecule has 0 aromatic heterocycles. The molecule has 0 aliphatic carbocycles. The number of hydrogen-bond acceptors (Lipinski definition) is 4. The van der Waals surface area contributed by atoms with Crippen molar-refractivity contribution in [2.45, 2.75) is 39.4 Å². The molecule has 174 valence electrons. The number of benzene rings is 2. The molecule has 2 N–H and O–H groups in total. The summed E-state index contributed by atoms with van der Waals surface area (Å²) in [6, 6.07) is 17.1. The molecule has 1 aliphatic heterocycles. The number of likely N-dealkylation sites (tertiary alicyclic amines) is 1. The fraction of sp³-hybridized carbons (Fsp3) is 0.500. The fourth-order valence-corrected chi connectivity index (χ4v) is 3.74. The van der Waals surface area contributed by atoms with Crippen LogP contribution in [0.15, 0.2) is 53.5 Å². The molecule has 0 bridgehead atoms. The van der Waals surface area contributed by atoms with Crippen molar-refractivity contribution >= 4 is 5.96 Å². The zero-order valence-corrected chi connectivity index (χ0v) is 19.9. The normalized spacial score (nSPS) is 14.7. The minimum atomic E-state index is 0.606. The molecule has 0 unspecified atom stereocenters. The van der Waals surface area contributed by atoms with Crippen molar-refractivity contribution in [3.05, 3.63) is 65.2 Å². The lowest BCUT2D eigenvalue weighted by Crippen LogP contribution is -2.36. The van der Waals surface area contributed by atoms with E-state index in [0.717, 1.165) is 43.5 Å². The third kappa shape index (κ3) is 8.52. The lowest BCUT2D eigenvalue weighted by molar-refractivity contribution is 0.261. The van der Waals surface area contributed by atoms with E-state index in [4.69, 9.17) is 9.73 Å². The van der Waals surface area contributed by atoms with Gasteiger partial charge in [-0.1, -0.05) is 36.4 Å². The largest absolute Gasteiger partial charge is 0.492 e. The van der Waals surface area contributed by atoms with E-state index in [1.54, 1.807) is 0 Å². The Morgan fingerprint density at radius 3 is 2.47 bits per heavy atom. The van der Waals surface area contributed by atoms with Crippen LogP contribution in [0.1, 0.15) is 36.5 Å². The van der Waals surface area contributed by atoms with Crippen molar-refractivity contribution in [3.63, 3.8) is 0 Å². The van der Waals surface area contributed by atoms with Crippen LogP contribution >= 0.6 is 0 Å². The van der Waals surface area contributed by atoms with Gasteiger partial charge in [0.25, 0.3) is 0 Å². The van der Waals surface area contributed by atoms with Crippen molar-refractivity contribution in [3.8, 4) is 5.75 Å². The van der Waals surface area contributed by atoms with Crippen LogP contribution in [0.5, 0.6) is 5.75 Å². The van der Waals surface area contributed by atoms with Crippen LogP contribution in [0.4, 0.5) is 0 Å². The van der Waals surface area contributed by atoms with Crippen LogP contribution in [0.3, 0.4) is 0 Å². The second-order valence-corrected chi connectivity index (χ2v) is 8.65. The van der Waals surface area contributed by atoms with E-state index >= 15 is 0 Å². The van der Waals surface area contributed by atoms with Crippen LogP contribution in [0, 0.1) is 0 Å². The van der Waals surface area contributed by atoms with E-state index in [1.165, 1.54) is 37.1 Å². The lowest BCUT2D eigenvalue weighted by Gasteiger charge is -2.15. The first kappa shape index (κ1) is 24.1. The first-order valence-electron chi connectivity index (χ1n) is 11.8. The number of likely N-dealkylation sites (N-methyl/N-ethyl adjacent to an activating group) is 1. The minimum absolute atomic E-state index is 0.606. The molecular formula is C26H39N5O. The maximum absolute atomic E-state index is 5.84. The van der Waals surface area contributed by atoms with Crippen LogP contribution in [-0.2, 0) is 19.6 Å². The average Bonchev–Trinajstić information content (AvgIpc) is 3.30. The molecule has 1 heterocycles. The van der Waals surface area contributed by atoms with Gasteiger partial charge in [-0.25, -0.2) is 4.99 Å². The van der Waals surface area contributed by atoms with Gasteiger partial charge in [0.05, 0.1) is 6.54 Å². The molecule has 2 aromatic rings. The standard InChI is InChI=1S/C26H39N5O/c1-4-27-26(29-20-24-8-7-9-25(18-24)32-17-16-30(2)3)28-19-22-10-12-23(13-11-22)21-31-14-5-6-15-31/h7-13,18H,4-6,14-17,19-21H2,1-3H3,(H2,27,28,29). The highest BCUT2D eigenvalue weighted by atomic mass is 16.5. The molecule has 0 atom stereocenters. The summed E-state index contributed by atoms with van der Waals surface area (Å²) in [4.78, 5) is 9.41. The molecular weight excluding hydrogens is 398 g/mol. The summed E-state index contributed by atoms with van der Waals surface area (Å²) < 4.78 is 5.84. The molecule has 6 heteroatoms. The van der Waals surface area contributed by atoms with Crippen LogP contribution < -0.4 is 15.4 Å². The van der Waals surface area contributed by atoms with Crippen molar-refractivity contribution < 1.29 is 4.74 Å². The first-order valence-corrected chi connectivity index (χ1v) is 11.8. The molecule has 0 amide bonds. The zero-order valence-electron chi connectivity index (χ0n) is 19.9. The van der Waals surface area contributed by atoms with Crippen LogP contribution in [0.25, 0.3) is 0 Å². The Bertz CT molecular complexity index is 828. The van der Waals surface area contributed by atoms with Crippen molar-refractivity contribution in [2.75, 3.05) is 46.9 Å². The molecule has 0 saturated carbocycles.